The van der Waals surface area contributed by atoms with Crippen LogP contribution in [0.2, 0.25) is 0 Å². The van der Waals surface area contributed by atoms with Gasteiger partial charge < -0.3 is 11.5 Å². The second-order valence-electron chi connectivity index (χ2n) is 12.1. The number of benzene rings is 4. The van der Waals surface area contributed by atoms with Gasteiger partial charge in [0.1, 0.15) is 0 Å². The van der Waals surface area contributed by atoms with Crippen LogP contribution in [0.15, 0.2) is 97.1 Å². The van der Waals surface area contributed by atoms with Crippen LogP contribution >= 0.6 is 0 Å². The molecule has 4 aromatic rings. The van der Waals surface area contributed by atoms with Crippen molar-refractivity contribution in [3.8, 4) is 0 Å². The third kappa shape index (κ3) is 9.51. The molecule has 0 spiro atoms. The van der Waals surface area contributed by atoms with Gasteiger partial charge in [0.15, 0.2) is 0 Å². The van der Waals surface area contributed by atoms with Crippen LogP contribution in [-0.2, 0) is 12.8 Å². The van der Waals surface area contributed by atoms with E-state index in [1.807, 2.05) is 24.3 Å². The van der Waals surface area contributed by atoms with Crippen LogP contribution < -0.4 is 11.5 Å². The van der Waals surface area contributed by atoms with Crippen molar-refractivity contribution in [2.45, 2.75) is 103 Å². The van der Waals surface area contributed by atoms with E-state index in [1.54, 1.807) is 0 Å². The van der Waals surface area contributed by atoms with Crippen molar-refractivity contribution in [1.29, 1.82) is 0 Å². The molecule has 4 aromatic carbocycles. The van der Waals surface area contributed by atoms with Gasteiger partial charge in [-0.1, -0.05) is 125 Å². The summed E-state index contributed by atoms with van der Waals surface area (Å²) in [5.41, 5.74) is 22.0. The molecular weight excluding hydrogens is 508 g/mol. The van der Waals surface area contributed by atoms with Crippen LogP contribution in [0.4, 0.5) is 11.4 Å². The van der Waals surface area contributed by atoms with Gasteiger partial charge in [-0.25, -0.2) is 0 Å². The maximum absolute atomic E-state index is 5.91. The molecule has 0 aromatic heterocycles. The minimum absolute atomic E-state index is 0.454. The Morgan fingerprint density at radius 2 is 0.690 bits per heavy atom. The highest BCUT2D eigenvalue weighted by Gasteiger charge is 2.14. The molecule has 4 rings (SSSR count). The quantitative estimate of drug-likeness (QED) is 0.0996. The van der Waals surface area contributed by atoms with Gasteiger partial charge in [-0.3, -0.25) is 0 Å². The number of hydrogen-bond acceptors (Lipinski definition) is 2. The zero-order valence-electron chi connectivity index (χ0n) is 26.0. The second kappa shape index (κ2) is 16.8. The van der Waals surface area contributed by atoms with Crippen molar-refractivity contribution in [1.82, 2.24) is 0 Å². The van der Waals surface area contributed by atoms with Gasteiger partial charge in [0.25, 0.3) is 0 Å². The van der Waals surface area contributed by atoms with E-state index in [0.717, 1.165) is 11.4 Å². The zero-order chi connectivity index (χ0) is 29.6. The molecular formula is C40H52N2. The van der Waals surface area contributed by atoms with E-state index in [2.05, 4.69) is 86.6 Å². The lowest BCUT2D eigenvalue weighted by atomic mass is 9.87. The molecule has 0 aliphatic rings. The monoisotopic (exact) mass is 560 g/mol. The summed E-state index contributed by atoms with van der Waals surface area (Å²) in [4.78, 5) is 0. The Morgan fingerprint density at radius 3 is 1.00 bits per heavy atom. The normalized spacial score (nSPS) is 12.7. The van der Waals surface area contributed by atoms with E-state index in [4.69, 9.17) is 11.5 Å². The van der Waals surface area contributed by atoms with Crippen molar-refractivity contribution >= 4 is 11.4 Å². The summed E-state index contributed by atoms with van der Waals surface area (Å²) < 4.78 is 0. The van der Waals surface area contributed by atoms with Crippen molar-refractivity contribution in [2.24, 2.45) is 0 Å². The average molecular weight is 561 g/mol. The first-order valence-corrected chi connectivity index (χ1v) is 16.5. The van der Waals surface area contributed by atoms with Gasteiger partial charge in [-0.15, -0.1) is 0 Å². The van der Waals surface area contributed by atoms with Crippen LogP contribution in [-0.4, -0.2) is 0 Å². The Morgan fingerprint density at radius 1 is 0.405 bits per heavy atom. The minimum atomic E-state index is 0.454. The summed E-state index contributed by atoms with van der Waals surface area (Å²) in [7, 11) is 0. The highest BCUT2D eigenvalue weighted by atomic mass is 14.5. The van der Waals surface area contributed by atoms with Crippen molar-refractivity contribution < 1.29 is 0 Å². The van der Waals surface area contributed by atoms with E-state index in [0.29, 0.717) is 11.8 Å². The maximum Gasteiger partial charge on any atom is 0.0314 e. The minimum Gasteiger partial charge on any atom is -0.399 e. The SMILES string of the molecule is CCCC(c1ccc(N)cc1)c1ccc(CCCCCCCCc2ccc(C(CCC)c3ccc(N)cc3)cc2)cc1. The summed E-state index contributed by atoms with van der Waals surface area (Å²) in [6.45, 7) is 4.53. The number of hydrogen-bond donors (Lipinski definition) is 2. The van der Waals surface area contributed by atoms with Gasteiger partial charge in [0.05, 0.1) is 0 Å². The Labute approximate surface area is 255 Å². The predicted octanol–water partition coefficient (Wildman–Crippen LogP) is 10.8. The van der Waals surface area contributed by atoms with Crippen molar-refractivity contribution in [2.75, 3.05) is 11.5 Å². The number of anilines is 2. The van der Waals surface area contributed by atoms with E-state index in [-0.39, 0.29) is 0 Å². The summed E-state index contributed by atoms with van der Waals surface area (Å²) in [5, 5.41) is 0. The Balaban J connectivity index is 1.13. The molecule has 0 aliphatic heterocycles. The highest BCUT2D eigenvalue weighted by molar-refractivity contribution is 5.44. The molecule has 0 saturated heterocycles. The first-order valence-electron chi connectivity index (χ1n) is 16.5. The number of aryl methyl sites for hydroxylation is 2. The summed E-state index contributed by atoms with van der Waals surface area (Å²) >= 11 is 0. The molecule has 0 aliphatic carbocycles. The van der Waals surface area contributed by atoms with Gasteiger partial charge in [-0.05, 0) is 96.2 Å². The van der Waals surface area contributed by atoms with Crippen molar-refractivity contribution in [3.05, 3.63) is 130 Å². The Hall–Kier alpha value is -3.52. The van der Waals surface area contributed by atoms with Crippen LogP contribution in [0.25, 0.3) is 0 Å². The first-order chi connectivity index (χ1) is 20.6. The third-order valence-corrected chi connectivity index (χ3v) is 8.78. The van der Waals surface area contributed by atoms with Gasteiger partial charge in [-0.2, -0.15) is 0 Å². The summed E-state index contributed by atoms with van der Waals surface area (Å²) in [6.07, 6.45) is 14.9. The standard InChI is InChI=1S/C40H52N2/c1-3-11-39(35-23-27-37(41)28-24-35)33-19-15-31(16-20-33)13-9-7-5-6-8-10-14-32-17-21-34(22-18-32)40(12-4-2)36-25-29-38(42)30-26-36/h15-30,39-40H,3-14,41-42H2,1-2H3. The van der Waals surface area contributed by atoms with Crippen LogP contribution in [0.1, 0.15) is 123 Å². The lowest BCUT2D eigenvalue weighted by Gasteiger charge is -2.18. The van der Waals surface area contributed by atoms with Crippen LogP contribution in [0.3, 0.4) is 0 Å². The number of rotatable bonds is 17. The number of nitrogen functional groups attached to an aromatic ring is 2. The van der Waals surface area contributed by atoms with E-state index in [9.17, 15) is 0 Å². The van der Waals surface area contributed by atoms with Crippen LogP contribution in [0.5, 0.6) is 0 Å². The predicted molar refractivity (Wildman–Crippen MR) is 183 cm³/mol. The van der Waals surface area contributed by atoms with Crippen molar-refractivity contribution in [3.63, 3.8) is 0 Å². The van der Waals surface area contributed by atoms with E-state index in [1.165, 1.54) is 110 Å². The lowest BCUT2D eigenvalue weighted by Crippen LogP contribution is -2.01. The fourth-order valence-corrected chi connectivity index (χ4v) is 6.28. The summed E-state index contributed by atoms with van der Waals surface area (Å²) in [5.74, 6) is 0.908. The molecule has 0 radical (unpaired) electrons. The molecule has 2 atom stereocenters. The van der Waals surface area contributed by atoms with Gasteiger partial charge >= 0.3 is 0 Å². The van der Waals surface area contributed by atoms with Crippen LogP contribution in [0, 0.1) is 0 Å². The van der Waals surface area contributed by atoms with Gasteiger partial charge in [0, 0.05) is 23.2 Å². The molecule has 222 valence electrons. The number of nitrogens with two attached hydrogens (primary N) is 2. The topological polar surface area (TPSA) is 52.0 Å². The summed E-state index contributed by atoms with van der Waals surface area (Å²) in [6, 6.07) is 35.6. The molecule has 0 saturated carbocycles. The fraction of sp³-hybridized carbons (Fsp3) is 0.400. The molecule has 0 heterocycles. The Kier molecular flexibility index (Phi) is 12.6. The fourth-order valence-electron chi connectivity index (χ4n) is 6.28. The third-order valence-electron chi connectivity index (χ3n) is 8.78. The zero-order valence-corrected chi connectivity index (χ0v) is 26.0. The molecule has 4 N–H and O–H groups in total. The lowest BCUT2D eigenvalue weighted by molar-refractivity contribution is 0.593. The van der Waals surface area contributed by atoms with E-state index < -0.39 is 0 Å². The second-order valence-corrected chi connectivity index (χ2v) is 12.1. The number of unbranched alkanes of at least 4 members (excludes halogenated alkanes) is 5. The smallest absolute Gasteiger partial charge is 0.0314 e. The first kappa shape index (κ1) is 31.4. The molecule has 2 heteroatoms. The molecule has 42 heavy (non-hydrogen) atoms. The molecule has 2 unspecified atom stereocenters. The molecule has 0 fully saturated rings. The highest BCUT2D eigenvalue weighted by Crippen LogP contribution is 2.31. The maximum atomic E-state index is 5.91. The van der Waals surface area contributed by atoms with Gasteiger partial charge in [0.2, 0.25) is 0 Å². The molecule has 0 amide bonds. The molecule has 0 bridgehead atoms. The average Bonchev–Trinajstić information content (AvgIpc) is 3.02. The largest absolute Gasteiger partial charge is 0.399 e. The Bertz CT molecular complexity index is 1180. The molecule has 2 nitrogen and oxygen atoms in total. The van der Waals surface area contributed by atoms with E-state index >= 15 is 0 Å².